The summed E-state index contributed by atoms with van der Waals surface area (Å²) in [6.07, 6.45) is -0.354. The first-order valence-electron chi connectivity index (χ1n) is 10.7. The minimum Gasteiger partial charge on any atom is -0.497 e. The van der Waals surface area contributed by atoms with Crippen LogP contribution in [0.15, 0.2) is 88.1 Å². The summed E-state index contributed by atoms with van der Waals surface area (Å²) in [5.74, 6) is 1.12. The summed E-state index contributed by atoms with van der Waals surface area (Å²) >= 11 is 0. The van der Waals surface area contributed by atoms with Crippen LogP contribution in [0.1, 0.15) is 18.9 Å². The molecule has 0 N–H and O–H groups in total. The molecule has 0 aliphatic carbocycles. The predicted octanol–water partition coefficient (Wildman–Crippen LogP) is 5.37. The fraction of sp³-hybridized carbons (Fsp3) is 0.185. The van der Waals surface area contributed by atoms with E-state index in [1.807, 2.05) is 49.4 Å². The molecule has 0 saturated heterocycles. The maximum Gasteiger partial charge on any atom is 0.347 e. The van der Waals surface area contributed by atoms with Gasteiger partial charge in [0.25, 0.3) is 0 Å². The maximum atomic E-state index is 12.8. The van der Waals surface area contributed by atoms with Crippen molar-refractivity contribution in [1.29, 1.82) is 0 Å². The van der Waals surface area contributed by atoms with E-state index in [0.717, 1.165) is 16.9 Å². The highest BCUT2D eigenvalue weighted by Crippen LogP contribution is 2.26. The monoisotopic (exact) mass is 444 g/mol. The van der Waals surface area contributed by atoms with Crippen LogP contribution in [0.5, 0.6) is 11.5 Å². The quantitative estimate of drug-likeness (QED) is 0.340. The van der Waals surface area contributed by atoms with Crippen LogP contribution in [0.4, 0.5) is 0 Å². The maximum absolute atomic E-state index is 12.8. The molecule has 4 aromatic rings. The van der Waals surface area contributed by atoms with Gasteiger partial charge in [-0.15, -0.1) is 0 Å². The lowest BCUT2D eigenvalue weighted by Crippen LogP contribution is -2.28. The molecule has 1 atom stereocenters. The molecule has 0 amide bonds. The molecule has 1 heterocycles. The standard InChI is InChI=1S/C27H24O6/c1-3-24(27(29)31-17-18-7-5-4-6-8-18)32-21-13-14-25-22(15-21)23(28)16-26(33-25)19-9-11-20(30-2)12-10-19/h4-16,24H,3,17H2,1-2H3. The summed E-state index contributed by atoms with van der Waals surface area (Å²) in [4.78, 5) is 25.3. The molecule has 0 radical (unpaired) electrons. The van der Waals surface area contributed by atoms with Crippen molar-refractivity contribution in [2.45, 2.75) is 26.1 Å². The molecule has 6 heteroatoms. The van der Waals surface area contributed by atoms with Gasteiger partial charge in [-0.1, -0.05) is 37.3 Å². The van der Waals surface area contributed by atoms with Crippen LogP contribution in [0.3, 0.4) is 0 Å². The molecule has 168 valence electrons. The SMILES string of the molecule is CCC(Oc1ccc2oc(-c3ccc(OC)cc3)cc(=O)c2c1)C(=O)OCc1ccccc1. The van der Waals surface area contributed by atoms with E-state index in [1.165, 1.54) is 6.07 Å². The minimum atomic E-state index is -0.781. The third-order valence-corrected chi connectivity index (χ3v) is 5.21. The van der Waals surface area contributed by atoms with Gasteiger partial charge >= 0.3 is 5.97 Å². The third-order valence-electron chi connectivity index (χ3n) is 5.21. The Bertz CT molecular complexity index is 1290. The number of esters is 1. The second kappa shape index (κ2) is 10.0. The molecule has 3 aromatic carbocycles. The highest BCUT2D eigenvalue weighted by Gasteiger charge is 2.21. The van der Waals surface area contributed by atoms with Crippen LogP contribution in [0, 0.1) is 0 Å². The number of benzene rings is 3. The number of carbonyl (C=O) groups excluding carboxylic acids is 1. The highest BCUT2D eigenvalue weighted by atomic mass is 16.6. The highest BCUT2D eigenvalue weighted by molar-refractivity contribution is 5.81. The van der Waals surface area contributed by atoms with Crippen molar-refractivity contribution in [3.05, 3.63) is 94.6 Å². The number of carbonyl (C=O) groups is 1. The fourth-order valence-corrected chi connectivity index (χ4v) is 3.39. The van der Waals surface area contributed by atoms with Gasteiger partial charge in [0.05, 0.1) is 12.5 Å². The van der Waals surface area contributed by atoms with E-state index in [0.29, 0.717) is 28.9 Å². The molecule has 0 spiro atoms. The summed E-state index contributed by atoms with van der Waals surface area (Å²) < 4.78 is 22.3. The molecule has 0 saturated carbocycles. The van der Waals surface area contributed by atoms with E-state index >= 15 is 0 Å². The molecule has 0 fully saturated rings. The average molecular weight is 444 g/mol. The lowest BCUT2D eigenvalue weighted by Gasteiger charge is -2.17. The van der Waals surface area contributed by atoms with E-state index in [2.05, 4.69) is 0 Å². The van der Waals surface area contributed by atoms with Crippen molar-refractivity contribution in [2.24, 2.45) is 0 Å². The van der Waals surface area contributed by atoms with Gasteiger partial charge in [0.2, 0.25) is 0 Å². The zero-order valence-electron chi connectivity index (χ0n) is 18.4. The Morgan fingerprint density at radius 1 is 0.939 bits per heavy atom. The average Bonchev–Trinajstić information content (AvgIpc) is 2.86. The van der Waals surface area contributed by atoms with Crippen LogP contribution in [-0.2, 0) is 16.1 Å². The Morgan fingerprint density at radius 3 is 2.36 bits per heavy atom. The zero-order chi connectivity index (χ0) is 23.2. The van der Waals surface area contributed by atoms with Crippen molar-refractivity contribution in [1.82, 2.24) is 0 Å². The van der Waals surface area contributed by atoms with Crippen LogP contribution in [0.2, 0.25) is 0 Å². The van der Waals surface area contributed by atoms with E-state index < -0.39 is 12.1 Å². The topological polar surface area (TPSA) is 75.0 Å². The number of ether oxygens (including phenoxy) is 3. The number of fused-ring (bicyclic) bond motifs is 1. The van der Waals surface area contributed by atoms with Gasteiger partial charge in [-0.3, -0.25) is 4.79 Å². The molecule has 0 aliphatic heterocycles. The summed E-state index contributed by atoms with van der Waals surface area (Å²) in [6, 6.07) is 23.1. The van der Waals surface area contributed by atoms with Crippen LogP contribution < -0.4 is 14.9 Å². The van der Waals surface area contributed by atoms with Crippen molar-refractivity contribution in [3.63, 3.8) is 0 Å². The van der Waals surface area contributed by atoms with Gasteiger partial charge in [-0.05, 0) is 54.4 Å². The Labute approximate surface area is 191 Å². The van der Waals surface area contributed by atoms with Gasteiger partial charge in [-0.25, -0.2) is 4.79 Å². The molecule has 0 aliphatic rings. The smallest absolute Gasteiger partial charge is 0.347 e. The predicted molar refractivity (Wildman–Crippen MR) is 125 cm³/mol. The molecule has 33 heavy (non-hydrogen) atoms. The van der Waals surface area contributed by atoms with Crippen LogP contribution in [0.25, 0.3) is 22.3 Å². The fourth-order valence-electron chi connectivity index (χ4n) is 3.39. The number of rotatable bonds is 8. The molecule has 4 rings (SSSR count). The lowest BCUT2D eigenvalue weighted by atomic mass is 10.1. The van der Waals surface area contributed by atoms with E-state index in [-0.39, 0.29) is 12.0 Å². The van der Waals surface area contributed by atoms with Crippen molar-refractivity contribution in [2.75, 3.05) is 7.11 Å². The number of methoxy groups -OCH3 is 1. The number of hydrogen-bond donors (Lipinski definition) is 0. The van der Waals surface area contributed by atoms with Gasteiger partial charge in [-0.2, -0.15) is 0 Å². The van der Waals surface area contributed by atoms with Crippen LogP contribution in [-0.4, -0.2) is 19.2 Å². The zero-order valence-corrected chi connectivity index (χ0v) is 18.4. The van der Waals surface area contributed by atoms with Crippen molar-refractivity contribution < 1.29 is 23.4 Å². The molecule has 1 aromatic heterocycles. The normalized spacial score (nSPS) is 11.7. The summed E-state index contributed by atoms with van der Waals surface area (Å²) in [5, 5.41) is 0.372. The molecule has 6 nitrogen and oxygen atoms in total. The van der Waals surface area contributed by atoms with Crippen molar-refractivity contribution >= 4 is 16.9 Å². The van der Waals surface area contributed by atoms with Crippen LogP contribution >= 0.6 is 0 Å². The van der Waals surface area contributed by atoms with Gasteiger partial charge in [0.15, 0.2) is 11.5 Å². The summed E-state index contributed by atoms with van der Waals surface area (Å²) in [5.41, 5.74) is 1.90. The first-order valence-corrected chi connectivity index (χ1v) is 10.7. The molecular formula is C27H24O6. The van der Waals surface area contributed by atoms with E-state index in [4.69, 9.17) is 18.6 Å². The minimum absolute atomic E-state index is 0.176. The summed E-state index contributed by atoms with van der Waals surface area (Å²) in [6.45, 7) is 2.01. The third kappa shape index (κ3) is 5.23. The van der Waals surface area contributed by atoms with E-state index in [1.54, 1.807) is 37.4 Å². The Balaban J connectivity index is 1.51. The lowest BCUT2D eigenvalue weighted by molar-refractivity contribution is -0.153. The molecule has 0 bridgehead atoms. The molecule has 1 unspecified atom stereocenters. The Kier molecular flexibility index (Phi) is 6.74. The second-order valence-corrected chi connectivity index (χ2v) is 7.47. The number of hydrogen-bond acceptors (Lipinski definition) is 6. The van der Waals surface area contributed by atoms with Crippen molar-refractivity contribution in [3.8, 4) is 22.8 Å². The Morgan fingerprint density at radius 2 is 1.67 bits per heavy atom. The first kappa shape index (κ1) is 22.1. The Hall–Kier alpha value is -4.06. The molecular weight excluding hydrogens is 420 g/mol. The van der Waals surface area contributed by atoms with Gasteiger partial charge in [0.1, 0.15) is 29.4 Å². The summed E-state index contributed by atoms with van der Waals surface area (Å²) in [7, 11) is 1.59. The first-order chi connectivity index (χ1) is 16.1. The van der Waals surface area contributed by atoms with Gasteiger partial charge < -0.3 is 18.6 Å². The second-order valence-electron chi connectivity index (χ2n) is 7.47. The largest absolute Gasteiger partial charge is 0.497 e. The van der Waals surface area contributed by atoms with E-state index in [9.17, 15) is 9.59 Å². The van der Waals surface area contributed by atoms with Gasteiger partial charge in [0, 0.05) is 11.6 Å².